The lowest BCUT2D eigenvalue weighted by molar-refractivity contribution is -0.115. The zero-order valence-corrected chi connectivity index (χ0v) is 19.4. The van der Waals surface area contributed by atoms with Crippen LogP contribution >= 0.6 is 35.0 Å². The van der Waals surface area contributed by atoms with Crippen molar-refractivity contribution in [2.75, 3.05) is 19.4 Å². The molecule has 0 saturated heterocycles. The summed E-state index contributed by atoms with van der Waals surface area (Å²) >= 11 is 13.7. The number of carbonyl (C=O) groups is 1. The van der Waals surface area contributed by atoms with Gasteiger partial charge >= 0.3 is 0 Å². The first-order valence-electron chi connectivity index (χ1n) is 9.78. The number of nitrogens with one attached hydrogen (secondary N) is 1. The Morgan fingerprint density at radius 1 is 1.00 bits per heavy atom. The zero-order chi connectivity index (χ0) is 22.1. The van der Waals surface area contributed by atoms with E-state index in [9.17, 15) is 4.79 Å². The molecular formula is C25H23Cl2NO2S. The summed E-state index contributed by atoms with van der Waals surface area (Å²) in [7, 11) is 1.63. The summed E-state index contributed by atoms with van der Waals surface area (Å²) in [5.41, 5.74) is 3.54. The highest BCUT2D eigenvalue weighted by Crippen LogP contribution is 2.25. The van der Waals surface area contributed by atoms with Crippen molar-refractivity contribution in [2.24, 2.45) is 0 Å². The van der Waals surface area contributed by atoms with Gasteiger partial charge in [0.25, 0.3) is 5.91 Å². The highest BCUT2D eigenvalue weighted by atomic mass is 35.5. The number of thioether (sulfide) groups is 1. The second kappa shape index (κ2) is 11.8. The molecule has 1 amide bonds. The maximum atomic E-state index is 12.9. The molecule has 0 aliphatic heterocycles. The monoisotopic (exact) mass is 471 g/mol. The first kappa shape index (κ1) is 23.3. The van der Waals surface area contributed by atoms with Crippen LogP contribution < -0.4 is 10.1 Å². The van der Waals surface area contributed by atoms with Gasteiger partial charge in [-0.2, -0.15) is 11.8 Å². The number of methoxy groups -OCH3 is 1. The summed E-state index contributed by atoms with van der Waals surface area (Å²) in [5.74, 6) is 2.27. The fraction of sp³-hybridized carbons (Fsp3) is 0.160. The van der Waals surface area contributed by atoms with Gasteiger partial charge in [0.15, 0.2) is 0 Å². The summed E-state index contributed by atoms with van der Waals surface area (Å²) in [6, 6.07) is 22.9. The maximum absolute atomic E-state index is 12.9. The predicted octanol–water partition coefficient (Wildman–Crippen LogP) is 6.59. The van der Waals surface area contributed by atoms with E-state index in [0.29, 0.717) is 22.2 Å². The third kappa shape index (κ3) is 7.06. The molecule has 6 heteroatoms. The van der Waals surface area contributed by atoms with Gasteiger partial charge < -0.3 is 10.1 Å². The number of halogens is 2. The number of benzene rings is 3. The molecule has 0 unspecified atom stereocenters. The van der Waals surface area contributed by atoms with Crippen molar-refractivity contribution in [3.63, 3.8) is 0 Å². The molecule has 160 valence electrons. The van der Waals surface area contributed by atoms with Crippen LogP contribution in [-0.2, 0) is 10.5 Å². The van der Waals surface area contributed by atoms with Crippen LogP contribution in [0.25, 0.3) is 11.6 Å². The molecule has 0 bridgehead atoms. The minimum absolute atomic E-state index is 0.0999. The molecule has 0 aliphatic rings. The third-order valence-corrected chi connectivity index (χ3v) is 6.31. The Hall–Kier alpha value is -2.40. The van der Waals surface area contributed by atoms with Crippen molar-refractivity contribution < 1.29 is 9.53 Å². The van der Waals surface area contributed by atoms with E-state index < -0.39 is 0 Å². The minimum Gasteiger partial charge on any atom is -0.497 e. The fourth-order valence-electron chi connectivity index (χ4n) is 2.92. The molecule has 0 heterocycles. The number of hydrogen-bond acceptors (Lipinski definition) is 3. The number of hydrogen-bond donors (Lipinski definition) is 1. The highest BCUT2D eigenvalue weighted by Gasteiger charge is 2.12. The van der Waals surface area contributed by atoms with E-state index in [0.717, 1.165) is 33.9 Å². The second-order valence-electron chi connectivity index (χ2n) is 6.75. The smallest absolute Gasteiger partial charge is 0.251 e. The van der Waals surface area contributed by atoms with Gasteiger partial charge in [0.1, 0.15) is 5.75 Å². The van der Waals surface area contributed by atoms with Gasteiger partial charge in [-0.3, -0.25) is 4.79 Å². The zero-order valence-electron chi connectivity index (χ0n) is 17.1. The van der Waals surface area contributed by atoms with Crippen molar-refractivity contribution in [3.05, 3.63) is 99.5 Å². The summed E-state index contributed by atoms with van der Waals surface area (Å²) < 4.78 is 5.21. The van der Waals surface area contributed by atoms with Gasteiger partial charge in [0.05, 0.1) is 17.2 Å². The van der Waals surface area contributed by atoms with Gasteiger partial charge in [-0.1, -0.05) is 71.7 Å². The Morgan fingerprint density at radius 2 is 1.74 bits per heavy atom. The normalized spacial score (nSPS) is 11.3. The van der Waals surface area contributed by atoms with Crippen LogP contribution in [0.15, 0.2) is 72.8 Å². The molecule has 0 radical (unpaired) electrons. The standard InChI is InChI=1S/C25H23Cl2NO2S/c1-30-21-10-7-18(8-11-21)15-22(20-5-3-2-4-6-20)25(29)28-13-14-31-17-19-9-12-23(26)24(27)16-19/h2-12,15-16H,13-14,17H2,1H3,(H,28,29)/b22-15+. The van der Waals surface area contributed by atoms with E-state index >= 15 is 0 Å². The van der Waals surface area contributed by atoms with Crippen LogP contribution in [0.4, 0.5) is 0 Å². The quantitative estimate of drug-likeness (QED) is 0.217. The van der Waals surface area contributed by atoms with Gasteiger partial charge in [0, 0.05) is 23.6 Å². The topological polar surface area (TPSA) is 38.3 Å². The van der Waals surface area contributed by atoms with Crippen LogP contribution in [0.3, 0.4) is 0 Å². The molecule has 0 aliphatic carbocycles. The van der Waals surface area contributed by atoms with Crippen molar-refractivity contribution in [1.29, 1.82) is 0 Å². The van der Waals surface area contributed by atoms with E-state index in [1.54, 1.807) is 24.9 Å². The first-order valence-corrected chi connectivity index (χ1v) is 11.7. The number of ether oxygens (including phenoxy) is 1. The molecule has 3 aromatic carbocycles. The molecule has 31 heavy (non-hydrogen) atoms. The lowest BCUT2D eigenvalue weighted by Gasteiger charge is -2.10. The molecule has 0 spiro atoms. The molecule has 3 aromatic rings. The van der Waals surface area contributed by atoms with Crippen LogP contribution in [0.2, 0.25) is 10.0 Å². The maximum Gasteiger partial charge on any atom is 0.251 e. The molecule has 3 rings (SSSR count). The Balaban J connectivity index is 1.60. The Bertz CT molecular complexity index is 1040. The van der Waals surface area contributed by atoms with E-state index in [1.807, 2.05) is 72.8 Å². The van der Waals surface area contributed by atoms with E-state index in [4.69, 9.17) is 27.9 Å². The lowest BCUT2D eigenvalue weighted by atomic mass is 10.0. The molecule has 0 atom stereocenters. The van der Waals surface area contributed by atoms with Gasteiger partial charge in [-0.15, -0.1) is 0 Å². The van der Waals surface area contributed by atoms with Crippen LogP contribution in [0.5, 0.6) is 5.75 Å². The Kier molecular flexibility index (Phi) is 8.89. The Labute approximate surface area is 197 Å². The molecular weight excluding hydrogens is 449 g/mol. The summed E-state index contributed by atoms with van der Waals surface area (Å²) in [6.07, 6.45) is 1.90. The highest BCUT2D eigenvalue weighted by molar-refractivity contribution is 7.98. The van der Waals surface area contributed by atoms with E-state index in [2.05, 4.69) is 5.32 Å². The number of carbonyl (C=O) groups excluding carboxylic acids is 1. The van der Waals surface area contributed by atoms with Gasteiger partial charge in [-0.05, 0) is 47.0 Å². The Morgan fingerprint density at radius 3 is 2.42 bits per heavy atom. The van der Waals surface area contributed by atoms with Crippen LogP contribution in [0, 0.1) is 0 Å². The summed E-state index contributed by atoms with van der Waals surface area (Å²) in [4.78, 5) is 12.9. The van der Waals surface area contributed by atoms with E-state index in [1.165, 1.54) is 0 Å². The predicted molar refractivity (Wildman–Crippen MR) is 133 cm³/mol. The lowest BCUT2D eigenvalue weighted by Crippen LogP contribution is -2.26. The van der Waals surface area contributed by atoms with Crippen molar-refractivity contribution in [1.82, 2.24) is 5.32 Å². The van der Waals surface area contributed by atoms with Crippen molar-refractivity contribution >= 4 is 52.5 Å². The number of amides is 1. The SMILES string of the molecule is COc1ccc(/C=C(/C(=O)NCCSCc2ccc(Cl)c(Cl)c2)c2ccccc2)cc1. The fourth-order valence-corrected chi connectivity index (χ4v) is 4.04. The first-order chi connectivity index (χ1) is 15.1. The summed E-state index contributed by atoms with van der Waals surface area (Å²) in [5, 5.41) is 4.15. The summed E-state index contributed by atoms with van der Waals surface area (Å²) in [6.45, 7) is 0.567. The average molecular weight is 472 g/mol. The van der Waals surface area contributed by atoms with Gasteiger partial charge in [-0.25, -0.2) is 0 Å². The number of rotatable bonds is 9. The third-order valence-electron chi connectivity index (χ3n) is 4.54. The largest absolute Gasteiger partial charge is 0.497 e. The van der Waals surface area contributed by atoms with Crippen molar-refractivity contribution in [3.8, 4) is 5.75 Å². The molecule has 1 N–H and O–H groups in total. The van der Waals surface area contributed by atoms with E-state index in [-0.39, 0.29) is 5.91 Å². The van der Waals surface area contributed by atoms with Crippen LogP contribution in [-0.4, -0.2) is 25.3 Å². The molecule has 3 nitrogen and oxygen atoms in total. The average Bonchev–Trinajstić information content (AvgIpc) is 2.80. The van der Waals surface area contributed by atoms with Gasteiger partial charge in [0.2, 0.25) is 0 Å². The molecule has 0 fully saturated rings. The van der Waals surface area contributed by atoms with Crippen LogP contribution in [0.1, 0.15) is 16.7 Å². The minimum atomic E-state index is -0.0999. The molecule has 0 saturated carbocycles. The second-order valence-corrected chi connectivity index (χ2v) is 8.67. The van der Waals surface area contributed by atoms with Crippen molar-refractivity contribution in [2.45, 2.75) is 5.75 Å². The molecule has 0 aromatic heterocycles.